The average molecular weight is 240 g/mol. The minimum atomic E-state index is 0.188. The molecule has 0 saturated heterocycles. The van der Waals surface area contributed by atoms with Crippen molar-refractivity contribution in [2.45, 2.75) is 46.2 Å². The Hall–Kier alpha value is -0.940. The molecule has 1 heterocycles. The maximum Gasteiger partial charge on any atom is 0.146 e. The summed E-state index contributed by atoms with van der Waals surface area (Å²) in [5.41, 5.74) is 0. The van der Waals surface area contributed by atoms with Gasteiger partial charge in [-0.1, -0.05) is 13.8 Å². The van der Waals surface area contributed by atoms with Crippen LogP contribution in [0.3, 0.4) is 0 Å². The van der Waals surface area contributed by atoms with Crippen molar-refractivity contribution in [2.75, 3.05) is 13.2 Å². The van der Waals surface area contributed by atoms with E-state index in [4.69, 9.17) is 5.11 Å². The van der Waals surface area contributed by atoms with Gasteiger partial charge in [-0.3, -0.25) is 4.90 Å². The van der Waals surface area contributed by atoms with Crippen LogP contribution in [0.2, 0.25) is 0 Å². The number of hydrogen-bond acceptors (Lipinski definition) is 4. The summed E-state index contributed by atoms with van der Waals surface area (Å²) in [5, 5.41) is 17.4. The van der Waals surface area contributed by atoms with Crippen LogP contribution in [0.5, 0.6) is 0 Å². The van der Waals surface area contributed by atoms with Gasteiger partial charge in [0.1, 0.15) is 11.6 Å². The molecule has 5 nitrogen and oxygen atoms in total. The highest BCUT2D eigenvalue weighted by Crippen LogP contribution is 2.12. The molecule has 0 aliphatic carbocycles. The van der Waals surface area contributed by atoms with Crippen molar-refractivity contribution < 1.29 is 5.11 Å². The zero-order valence-electron chi connectivity index (χ0n) is 11.3. The summed E-state index contributed by atoms with van der Waals surface area (Å²) in [7, 11) is 1.98. The van der Waals surface area contributed by atoms with Crippen molar-refractivity contribution in [1.29, 1.82) is 0 Å². The van der Waals surface area contributed by atoms with Gasteiger partial charge in [0.05, 0.1) is 13.2 Å². The number of aliphatic hydroxyl groups excluding tert-OH is 1. The second kappa shape index (κ2) is 6.71. The number of rotatable bonds is 7. The third-order valence-corrected chi connectivity index (χ3v) is 3.37. The van der Waals surface area contributed by atoms with Gasteiger partial charge >= 0.3 is 0 Å². The lowest BCUT2D eigenvalue weighted by atomic mass is 10.1. The molecule has 98 valence electrons. The molecule has 1 N–H and O–H groups in total. The molecule has 0 amide bonds. The van der Waals surface area contributed by atoms with Crippen molar-refractivity contribution in [3.05, 3.63) is 11.6 Å². The Balaban J connectivity index is 2.75. The van der Waals surface area contributed by atoms with Crippen LogP contribution in [-0.4, -0.2) is 44.0 Å². The minimum absolute atomic E-state index is 0.188. The van der Waals surface area contributed by atoms with E-state index in [0.717, 1.165) is 31.0 Å². The predicted molar refractivity (Wildman–Crippen MR) is 67.6 cm³/mol. The second-order valence-corrected chi connectivity index (χ2v) is 4.39. The first-order valence-electron chi connectivity index (χ1n) is 6.33. The maximum absolute atomic E-state index is 9.14. The van der Waals surface area contributed by atoms with Gasteiger partial charge in [-0.05, 0) is 19.8 Å². The van der Waals surface area contributed by atoms with Crippen molar-refractivity contribution in [2.24, 2.45) is 7.05 Å². The molecule has 17 heavy (non-hydrogen) atoms. The van der Waals surface area contributed by atoms with Gasteiger partial charge in [0.25, 0.3) is 0 Å². The van der Waals surface area contributed by atoms with Crippen LogP contribution in [0.1, 0.15) is 38.3 Å². The highest BCUT2D eigenvalue weighted by Gasteiger charge is 2.17. The van der Waals surface area contributed by atoms with Gasteiger partial charge in [-0.2, -0.15) is 0 Å². The summed E-state index contributed by atoms with van der Waals surface area (Å²) in [6.07, 6.45) is 2.18. The SMILES string of the molecule is CCC(CC)N(CCO)Cc1nnc(C)n1C. The van der Waals surface area contributed by atoms with Crippen LogP contribution in [0.15, 0.2) is 0 Å². The lowest BCUT2D eigenvalue weighted by Gasteiger charge is -2.29. The topological polar surface area (TPSA) is 54.2 Å². The summed E-state index contributed by atoms with van der Waals surface area (Å²) in [6.45, 7) is 7.95. The van der Waals surface area contributed by atoms with Gasteiger partial charge in [0.2, 0.25) is 0 Å². The Bertz CT molecular complexity index is 333. The molecule has 0 fully saturated rings. The largest absolute Gasteiger partial charge is 0.395 e. The van der Waals surface area contributed by atoms with Gasteiger partial charge in [0, 0.05) is 19.6 Å². The Labute approximate surface area is 103 Å². The highest BCUT2D eigenvalue weighted by molar-refractivity contribution is 4.93. The van der Waals surface area contributed by atoms with Gasteiger partial charge < -0.3 is 9.67 Å². The molecule has 0 radical (unpaired) electrons. The quantitative estimate of drug-likeness (QED) is 0.775. The van der Waals surface area contributed by atoms with Crippen LogP contribution in [0.4, 0.5) is 0 Å². The summed E-state index contributed by atoms with van der Waals surface area (Å²) < 4.78 is 2.01. The molecule has 0 aliphatic rings. The summed E-state index contributed by atoms with van der Waals surface area (Å²) >= 11 is 0. The number of nitrogens with zero attached hydrogens (tertiary/aromatic N) is 4. The molecule has 0 spiro atoms. The van der Waals surface area contributed by atoms with Crippen LogP contribution in [-0.2, 0) is 13.6 Å². The molecular formula is C12H24N4O. The van der Waals surface area contributed by atoms with E-state index >= 15 is 0 Å². The Morgan fingerprint density at radius 2 is 1.94 bits per heavy atom. The molecule has 0 unspecified atom stereocenters. The van der Waals surface area contributed by atoms with Gasteiger partial charge in [-0.25, -0.2) is 0 Å². The summed E-state index contributed by atoms with van der Waals surface area (Å²) in [5.74, 6) is 1.89. The fourth-order valence-corrected chi connectivity index (χ4v) is 2.09. The first-order chi connectivity index (χ1) is 8.13. The Kier molecular flexibility index (Phi) is 5.58. The van der Waals surface area contributed by atoms with E-state index in [1.54, 1.807) is 0 Å². The maximum atomic E-state index is 9.14. The fraction of sp³-hybridized carbons (Fsp3) is 0.833. The first-order valence-corrected chi connectivity index (χ1v) is 6.33. The molecule has 0 aliphatic heterocycles. The average Bonchev–Trinajstić information content (AvgIpc) is 2.63. The molecule has 1 rings (SSSR count). The van der Waals surface area contributed by atoms with Crippen LogP contribution >= 0.6 is 0 Å². The molecule has 0 aromatic carbocycles. The molecule has 1 aromatic rings. The van der Waals surface area contributed by atoms with E-state index in [2.05, 4.69) is 28.9 Å². The van der Waals surface area contributed by atoms with Crippen LogP contribution in [0, 0.1) is 6.92 Å². The third kappa shape index (κ3) is 3.51. The lowest BCUT2D eigenvalue weighted by Crippen LogP contribution is -2.37. The van der Waals surface area contributed by atoms with E-state index in [1.165, 1.54) is 0 Å². The molecule has 0 bridgehead atoms. The number of aromatic nitrogens is 3. The first kappa shape index (κ1) is 14.1. The lowest BCUT2D eigenvalue weighted by molar-refractivity contribution is 0.132. The predicted octanol–water partition coefficient (Wildman–Crippen LogP) is 1.11. The standard InChI is InChI=1S/C12H24N4O/c1-5-11(6-2)16(7-8-17)9-12-14-13-10(3)15(12)4/h11,17H,5-9H2,1-4H3. The molecule has 0 saturated carbocycles. The Morgan fingerprint density at radius 1 is 1.29 bits per heavy atom. The molecule has 5 heteroatoms. The molecule has 0 atom stereocenters. The molecule has 1 aromatic heterocycles. The highest BCUT2D eigenvalue weighted by atomic mass is 16.3. The van der Waals surface area contributed by atoms with Crippen molar-refractivity contribution in [3.63, 3.8) is 0 Å². The van der Waals surface area contributed by atoms with E-state index in [1.807, 2.05) is 18.5 Å². The monoisotopic (exact) mass is 240 g/mol. The van der Waals surface area contributed by atoms with E-state index < -0.39 is 0 Å². The number of aliphatic hydroxyl groups is 1. The van der Waals surface area contributed by atoms with Crippen molar-refractivity contribution >= 4 is 0 Å². The van der Waals surface area contributed by atoms with E-state index in [9.17, 15) is 0 Å². The summed E-state index contributed by atoms with van der Waals surface area (Å²) in [6, 6.07) is 0.499. The number of hydrogen-bond donors (Lipinski definition) is 1. The van der Waals surface area contributed by atoms with Crippen molar-refractivity contribution in [1.82, 2.24) is 19.7 Å². The zero-order chi connectivity index (χ0) is 12.8. The third-order valence-electron chi connectivity index (χ3n) is 3.37. The summed E-state index contributed by atoms with van der Waals surface area (Å²) in [4.78, 5) is 2.28. The zero-order valence-corrected chi connectivity index (χ0v) is 11.3. The van der Waals surface area contributed by atoms with Crippen LogP contribution in [0.25, 0.3) is 0 Å². The van der Waals surface area contributed by atoms with Crippen LogP contribution < -0.4 is 0 Å². The fourth-order valence-electron chi connectivity index (χ4n) is 2.09. The van der Waals surface area contributed by atoms with E-state index in [-0.39, 0.29) is 6.61 Å². The minimum Gasteiger partial charge on any atom is -0.395 e. The van der Waals surface area contributed by atoms with Gasteiger partial charge in [0.15, 0.2) is 0 Å². The molecular weight excluding hydrogens is 216 g/mol. The number of aryl methyl sites for hydroxylation is 1. The normalized spacial score (nSPS) is 11.7. The van der Waals surface area contributed by atoms with E-state index in [0.29, 0.717) is 12.6 Å². The Morgan fingerprint density at radius 3 is 2.35 bits per heavy atom. The smallest absolute Gasteiger partial charge is 0.146 e. The van der Waals surface area contributed by atoms with Crippen molar-refractivity contribution in [3.8, 4) is 0 Å². The van der Waals surface area contributed by atoms with Gasteiger partial charge in [-0.15, -0.1) is 10.2 Å². The second-order valence-electron chi connectivity index (χ2n) is 4.39.